The molecule has 440 valence electrons. The fourth-order valence-electron chi connectivity index (χ4n) is 18.5. The molecule has 1 saturated carbocycles. The predicted molar refractivity (Wildman–Crippen MR) is 375 cm³/mol. The predicted octanol–water partition coefficient (Wildman–Crippen LogP) is 21.2. The highest BCUT2D eigenvalue weighted by Gasteiger charge is 2.55. The van der Waals surface area contributed by atoms with Crippen LogP contribution in [0.4, 0.5) is 51.2 Å². The monoisotopic (exact) mass is 1160 g/mol. The maximum Gasteiger partial charge on any atom is 0.264 e. The number of benzene rings is 8. The average Bonchev–Trinajstić information content (AvgIpc) is 1.23. The molecule has 2 atom stereocenters. The third-order valence-electron chi connectivity index (χ3n) is 23.8. The molecular weight excluding hydrogens is 1070 g/mol. The second kappa shape index (κ2) is 18.2. The van der Waals surface area contributed by atoms with Gasteiger partial charge in [-0.1, -0.05) is 182 Å². The standard InChI is InChI=1S/C82H88BN3S/c1-50-24-22-23-29-64(50)84(52-27-20-17-21-28-52)54-43-67-72-68(44-54)86(65-33-32-57-71(70(65)51-25-18-16-19-26-51)80(12,13)39-38-76(57,4)5)66-47-60-59(78(8,9)36-37-79(60,10)11)46-63(66)83(72)74-73(55-45-61-62(48-69(55)87-74)82(15)41-40-81(61,14)49-82)85(67)53-30-31-56-58(42-53)77(6,7)35-34-75(56,2)3/h16-33,42-48H,34-41,49H2,1-15H3/i1D3. The maximum absolute atomic E-state index is 9.22. The number of fused-ring (bicyclic) bond motifs is 14. The molecule has 0 spiro atoms. The molecule has 0 saturated heterocycles. The highest BCUT2D eigenvalue weighted by atomic mass is 32.1. The van der Waals surface area contributed by atoms with Crippen molar-refractivity contribution in [1.29, 1.82) is 0 Å². The van der Waals surface area contributed by atoms with Crippen LogP contribution in [0.3, 0.4) is 0 Å². The van der Waals surface area contributed by atoms with Gasteiger partial charge in [0.2, 0.25) is 0 Å². The van der Waals surface area contributed by atoms with Gasteiger partial charge in [0.05, 0.1) is 17.1 Å². The molecule has 3 nitrogen and oxygen atoms in total. The van der Waals surface area contributed by atoms with Crippen LogP contribution in [0.5, 0.6) is 0 Å². The van der Waals surface area contributed by atoms with Crippen LogP contribution in [-0.4, -0.2) is 6.71 Å². The fraction of sp³-hybridized carbons (Fsp3) is 0.390. The van der Waals surface area contributed by atoms with Gasteiger partial charge in [-0.25, -0.2) is 0 Å². The molecule has 9 aromatic rings. The summed E-state index contributed by atoms with van der Waals surface area (Å²) in [5, 5.41) is 1.34. The lowest BCUT2D eigenvalue weighted by molar-refractivity contribution is 0.332. The van der Waals surface area contributed by atoms with E-state index in [9.17, 15) is 4.11 Å². The van der Waals surface area contributed by atoms with Crippen LogP contribution < -0.4 is 30.4 Å². The second-order valence-electron chi connectivity index (χ2n) is 32.4. The summed E-state index contributed by atoms with van der Waals surface area (Å²) in [4.78, 5) is 7.71. The van der Waals surface area contributed by atoms with Crippen molar-refractivity contribution in [3.63, 3.8) is 0 Å². The lowest BCUT2D eigenvalue weighted by atomic mass is 9.35. The summed E-state index contributed by atoms with van der Waals surface area (Å²) in [7, 11) is 0. The number of anilines is 9. The van der Waals surface area contributed by atoms with Gasteiger partial charge in [0, 0.05) is 58.7 Å². The molecule has 16 rings (SSSR count). The highest BCUT2D eigenvalue weighted by Crippen LogP contribution is 2.63. The van der Waals surface area contributed by atoms with Crippen LogP contribution in [0, 0.1) is 6.85 Å². The lowest BCUT2D eigenvalue weighted by Crippen LogP contribution is -2.61. The molecule has 3 heterocycles. The smallest absolute Gasteiger partial charge is 0.264 e. The summed E-state index contributed by atoms with van der Waals surface area (Å²) in [5.41, 5.74) is 26.7. The zero-order valence-electron chi connectivity index (χ0n) is 57.1. The first-order valence-electron chi connectivity index (χ1n) is 34.3. The number of aryl methyl sites for hydroxylation is 1. The van der Waals surface area contributed by atoms with Crippen LogP contribution in [0.1, 0.15) is 209 Å². The van der Waals surface area contributed by atoms with E-state index < -0.39 is 6.85 Å². The van der Waals surface area contributed by atoms with Gasteiger partial charge in [-0.2, -0.15) is 0 Å². The van der Waals surface area contributed by atoms with Crippen molar-refractivity contribution in [2.45, 2.75) is 205 Å². The van der Waals surface area contributed by atoms with Gasteiger partial charge in [0.25, 0.3) is 6.71 Å². The largest absolute Gasteiger partial charge is 0.311 e. The Morgan fingerprint density at radius 3 is 1.67 bits per heavy atom. The fourth-order valence-corrected chi connectivity index (χ4v) is 19.8. The minimum Gasteiger partial charge on any atom is -0.311 e. The molecule has 2 bridgehead atoms. The second-order valence-corrected chi connectivity index (χ2v) is 33.5. The van der Waals surface area contributed by atoms with Crippen LogP contribution in [-0.2, 0) is 43.3 Å². The Morgan fingerprint density at radius 2 is 1.00 bits per heavy atom. The lowest BCUT2D eigenvalue weighted by Gasteiger charge is -2.48. The third kappa shape index (κ3) is 7.91. The summed E-state index contributed by atoms with van der Waals surface area (Å²) < 4.78 is 30.4. The van der Waals surface area contributed by atoms with Gasteiger partial charge in [0.15, 0.2) is 0 Å². The molecule has 2 unspecified atom stereocenters. The zero-order chi connectivity index (χ0) is 63.0. The van der Waals surface area contributed by atoms with Crippen molar-refractivity contribution in [3.8, 4) is 11.1 Å². The highest BCUT2D eigenvalue weighted by molar-refractivity contribution is 7.33. The zero-order valence-corrected chi connectivity index (χ0v) is 54.9. The molecule has 0 radical (unpaired) electrons. The van der Waals surface area contributed by atoms with Crippen molar-refractivity contribution in [2.75, 3.05) is 14.7 Å². The van der Waals surface area contributed by atoms with E-state index in [1.807, 2.05) is 35.6 Å². The average molecular weight is 1160 g/mol. The molecule has 8 aromatic carbocycles. The summed E-state index contributed by atoms with van der Waals surface area (Å²) in [5.74, 6) is 0. The molecule has 0 N–H and O–H groups in total. The molecule has 0 amide bonds. The van der Waals surface area contributed by atoms with Crippen LogP contribution in [0.25, 0.3) is 21.2 Å². The Labute approximate surface area is 528 Å². The van der Waals surface area contributed by atoms with Crippen molar-refractivity contribution >= 4 is 95.0 Å². The van der Waals surface area contributed by atoms with Gasteiger partial charge >= 0.3 is 0 Å². The van der Waals surface area contributed by atoms with E-state index >= 15 is 0 Å². The Hall–Kier alpha value is -6.82. The van der Waals surface area contributed by atoms with E-state index in [0.29, 0.717) is 11.3 Å². The summed E-state index contributed by atoms with van der Waals surface area (Å²) >= 11 is 2.05. The van der Waals surface area contributed by atoms with Crippen LogP contribution in [0.15, 0.2) is 152 Å². The minimum absolute atomic E-state index is 0.0221. The molecule has 2 aliphatic heterocycles. The molecular formula is C82H88BN3S. The van der Waals surface area contributed by atoms with Crippen LogP contribution in [0.2, 0.25) is 0 Å². The number of para-hydroxylation sites is 2. The minimum atomic E-state index is -2.40. The Morgan fingerprint density at radius 1 is 0.448 bits per heavy atom. The molecule has 1 aromatic heterocycles. The van der Waals surface area contributed by atoms with Crippen LogP contribution >= 0.6 is 11.3 Å². The first kappa shape index (κ1) is 52.2. The third-order valence-corrected chi connectivity index (χ3v) is 25.1. The first-order chi connectivity index (χ1) is 42.4. The SMILES string of the molecule is [2H]C([2H])([2H])c1ccccc1N(c1ccccc1)c1cc2c3c(c1)N(c1ccc4c(c1)C(C)(C)CCC4(C)C)c1c(sc4cc5c(cc14)C1(C)CCC5(C)C1)B3c1cc3c(cc1N2c1ccc2c(c1-c1ccccc1)C(C)(C)CCC2(C)C)C(C)(C)CCC3(C)C. The van der Waals surface area contributed by atoms with Crippen molar-refractivity contribution in [3.05, 3.63) is 202 Å². The first-order valence-corrected chi connectivity index (χ1v) is 33.7. The van der Waals surface area contributed by atoms with Gasteiger partial charge in [-0.3, -0.25) is 0 Å². The van der Waals surface area contributed by atoms with Gasteiger partial charge < -0.3 is 14.7 Å². The van der Waals surface area contributed by atoms with E-state index in [0.717, 1.165) is 61.3 Å². The summed E-state index contributed by atoms with van der Waals surface area (Å²) in [6.07, 6.45) is 10.3. The van der Waals surface area contributed by atoms with Gasteiger partial charge in [-0.05, 0) is 241 Å². The number of nitrogens with zero attached hydrogens (tertiary/aromatic N) is 3. The number of hydrogen-bond donors (Lipinski definition) is 0. The normalized spacial score (nSPS) is 23.7. The molecule has 5 heteroatoms. The maximum atomic E-state index is 9.22. The molecule has 5 aliphatic carbocycles. The number of rotatable bonds is 6. The number of hydrogen-bond acceptors (Lipinski definition) is 4. The van der Waals surface area contributed by atoms with E-state index in [2.05, 4.69) is 239 Å². The van der Waals surface area contributed by atoms with Crippen molar-refractivity contribution in [1.82, 2.24) is 0 Å². The quantitative estimate of drug-likeness (QED) is 0.154. The van der Waals surface area contributed by atoms with Crippen molar-refractivity contribution in [2.24, 2.45) is 0 Å². The van der Waals surface area contributed by atoms with E-state index in [4.69, 9.17) is 0 Å². The van der Waals surface area contributed by atoms with Crippen molar-refractivity contribution < 1.29 is 4.11 Å². The van der Waals surface area contributed by atoms with Gasteiger partial charge in [-0.15, -0.1) is 11.3 Å². The molecule has 1 fully saturated rings. The Bertz CT molecular complexity index is 4530. The van der Waals surface area contributed by atoms with E-state index in [-0.39, 0.29) is 50.0 Å². The molecule has 7 aliphatic rings. The summed E-state index contributed by atoms with van der Waals surface area (Å²) in [6, 6.07) is 57.8. The van der Waals surface area contributed by atoms with E-state index in [1.54, 1.807) is 5.56 Å². The topological polar surface area (TPSA) is 9.72 Å². The summed E-state index contributed by atoms with van der Waals surface area (Å²) in [6.45, 7) is 32.3. The van der Waals surface area contributed by atoms with E-state index in [1.165, 1.54) is 118 Å². The Balaban J connectivity index is 1.11. The van der Waals surface area contributed by atoms with Gasteiger partial charge in [0.1, 0.15) is 0 Å². The Kier molecular flexibility index (Phi) is 10.9. The molecule has 87 heavy (non-hydrogen) atoms. The number of thiophene rings is 1.